The Morgan fingerprint density at radius 1 is 1.42 bits per heavy atom. The zero-order valence-electron chi connectivity index (χ0n) is 10.0. The maximum atomic E-state index is 11.9. The van der Waals surface area contributed by atoms with Gasteiger partial charge in [0.05, 0.1) is 22.3 Å². The van der Waals surface area contributed by atoms with Crippen molar-refractivity contribution in [3.05, 3.63) is 39.9 Å². The van der Waals surface area contributed by atoms with Crippen LogP contribution in [0.25, 0.3) is 0 Å². The summed E-state index contributed by atoms with van der Waals surface area (Å²) in [6.45, 7) is 0.222. The molecule has 6 nitrogen and oxygen atoms in total. The van der Waals surface area contributed by atoms with Crippen molar-refractivity contribution in [2.45, 2.75) is 6.54 Å². The van der Waals surface area contributed by atoms with Crippen LogP contribution >= 0.6 is 23.2 Å². The maximum absolute atomic E-state index is 11.9. The number of anilines is 1. The largest absolute Gasteiger partial charge is 0.396 e. The van der Waals surface area contributed by atoms with E-state index in [2.05, 4.69) is 15.4 Å². The van der Waals surface area contributed by atoms with Crippen LogP contribution in [-0.4, -0.2) is 20.7 Å². The van der Waals surface area contributed by atoms with Gasteiger partial charge in [-0.3, -0.25) is 9.48 Å². The quantitative estimate of drug-likeness (QED) is 0.844. The van der Waals surface area contributed by atoms with E-state index in [9.17, 15) is 4.79 Å². The van der Waals surface area contributed by atoms with E-state index in [-0.39, 0.29) is 28.2 Å². The molecule has 8 heteroatoms. The summed E-state index contributed by atoms with van der Waals surface area (Å²) in [5, 5.41) is 7.20. The third-order valence-electron chi connectivity index (χ3n) is 2.40. The predicted octanol–water partition coefficient (Wildman–Crippen LogP) is 1.63. The van der Waals surface area contributed by atoms with Gasteiger partial charge in [0.1, 0.15) is 6.33 Å². The molecule has 0 aliphatic heterocycles. The van der Waals surface area contributed by atoms with Crippen LogP contribution in [0.4, 0.5) is 5.69 Å². The molecular weight excluding hydrogens is 289 g/mol. The van der Waals surface area contributed by atoms with Crippen molar-refractivity contribution in [2.75, 3.05) is 5.73 Å². The number of aromatic nitrogens is 3. The summed E-state index contributed by atoms with van der Waals surface area (Å²) in [6, 6.07) is 2.92. The highest BCUT2D eigenvalue weighted by molar-refractivity contribution is 6.39. The first-order valence-corrected chi connectivity index (χ1v) is 6.10. The summed E-state index contributed by atoms with van der Waals surface area (Å²) in [6.07, 6.45) is 1.55. The minimum Gasteiger partial charge on any atom is -0.396 e. The van der Waals surface area contributed by atoms with Crippen LogP contribution in [0.1, 0.15) is 16.2 Å². The molecule has 3 N–H and O–H groups in total. The van der Waals surface area contributed by atoms with Gasteiger partial charge < -0.3 is 11.1 Å². The van der Waals surface area contributed by atoms with Gasteiger partial charge in [0, 0.05) is 12.6 Å². The number of nitrogen functional groups attached to an aromatic ring is 1. The van der Waals surface area contributed by atoms with Gasteiger partial charge in [0.25, 0.3) is 5.91 Å². The highest BCUT2D eigenvalue weighted by atomic mass is 35.5. The van der Waals surface area contributed by atoms with E-state index in [0.717, 1.165) is 0 Å². The van der Waals surface area contributed by atoms with Crippen molar-refractivity contribution in [3.8, 4) is 0 Å². The number of rotatable bonds is 3. The molecule has 0 radical (unpaired) electrons. The SMILES string of the molecule is Cn1cnc(CNC(=O)c2cc(Cl)c(N)c(Cl)c2)n1. The average molecular weight is 300 g/mol. The molecule has 100 valence electrons. The number of nitrogens with zero attached hydrogens (tertiary/aromatic N) is 3. The monoisotopic (exact) mass is 299 g/mol. The van der Waals surface area contributed by atoms with Crippen molar-refractivity contribution in [2.24, 2.45) is 7.05 Å². The second-order valence-electron chi connectivity index (χ2n) is 3.87. The molecule has 0 bridgehead atoms. The number of nitrogens with one attached hydrogen (secondary N) is 1. The van der Waals surface area contributed by atoms with Crippen molar-refractivity contribution in [1.29, 1.82) is 0 Å². The number of benzene rings is 1. The van der Waals surface area contributed by atoms with Crippen molar-refractivity contribution < 1.29 is 4.79 Å². The summed E-state index contributed by atoms with van der Waals surface area (Å²) < 4.78 is 1.55. The smallest absolute Gasteiger partial charge is 0.251 e. The lowest BCUT2D eigenvalue weighted by atomic mass is 10.2. The summed E-state index contributed by atoms with van der Waals surface area (Å²) in [7, 11) is 1.75. The molecule has 0 unspecified atom stereocenters. The molecule has 1 amide bonds. The lowest BCUT2D eigenvalue weighted by molar-refractivity contribution is 0.0950. The van der Waals surface area contributed by atoms with Gasteiger partial charge in [0.15, 0.2) is 5.82 Å². The first kappa shape index (κ1) is 13.6. The Bertz CT molecular complexity index is 602. The van der Waals surface area contributed by atoms with E-state index < -0.39 is 0 Å². The fourth-order valence-electron chi connectivity index (χ4n) is 1.44. The number of carbonyl (C=O) groups is 1. The number of aryl methyl sites for hydroxylation is 1. The Kier molecular flexibility index (Phi) is 3.92. The third-order valence-corrected chi connectivity index (χ3v) is 3.02. The molecule has 1 heterocycles. The van der Waals surface area contributed by atoms with Crippen LogP contribution in [0.15, 0.2) is 18.5 Å². The molecule has 0 saturated carbocycles. The van der Waals surface area contributed by atoms with Gasteiger partial charge in [-0.1, -0.05) is 23.2 Å². The highest BCUT2D eigenvalue weighted by Gasteiger charge is 2.11. The zero-order valence-corrected chi connectivity index (χ0v) is 11.5. The fraction of sp³-hybridized carbons (Fsp3) is 0.182. The average Bonchev–Trinajstić information content (AvgIpc) is 2.78. The Labute approximate surface area is 119 Å². The summed E-state index contributed by atoms with van der Waals surface area (Å²) >= 11 is 11.7. The summed E-state index contributed by atoms with van der Waals surface area (Å²) in [5.41, 5.74) is 6.19. The molecule has 0 atom stereocenters. The predicted molar refractivity (Wildman–Crippen MR) is 73.0 cm³/mol. The van der Waals surface area contributed by atoms with Gasteiger partial charge in [-0.15, -0.1) is 0 Å². The van der Waals surface area contributed by atoms with Gasteiger partial charge in [-0.05, 0) is 12.1 Å². The van der Waals surface area contributed by atoms with Crippen LogP contribution in [0.2, 0.25) is 10.0 Å². The molecule has 1 aromatic carbocycles. The normalized spacial score (nSPS) is 10.5. The number of halogens is 2. The third kappa shape index (κ3) is 3.15. The Hall–Kier alpha value is -1.79. The van der Waals surface area contributed by atoms with Crippen molar-refractivity contribution in [1.82, 2.24) is 20.1 Å². The number of nitrogens with two attached hydrogens (primary N) is 1. The van der Waals surface area contributed by atoms with Crippen LogP contribution in [0.3, 0.4) is 0 Å². The van der Waals surface area contributed by atoms with Crippen molar-refractivity contribution >= 4 is 34.8 Å². The molecule has 1 aromatic heterocycles. The molecule has 0 saturated heterocycles. The first-order chi connectivity index (χ1) is 8.97. The molecular formula is C11H11Cl2N5O. The standard InChI is InChI=1S/C11H11Cl2N5O/c1-18-5-16-9(17-18)4-15-11(19)6-2-7(12)10(14)8(13)3-6/h2-3,5H,4,14H2,1H3,(H,15,19). The second-order valence-corrected chi connectivity index (χ2v) is 4.69. The summed E-state index contributed by atoms with van der Waals surface area (Å²) in [4.78, 5) is 15.9. The first-order valence-electron chi connectivity index (χ1n) is 5.34. The molecule has 0 fully saturated rings. The Morgan fingerprint density at radius 3 is 2.58 bits per heavy atom. The Morgan fingerprint density at radius 2 is 2.05 bits per heavy atom. The lowest BCUT2D eigenvalue weighted by Crippen LogP contribution is -2.23. The highest BCUT2D eigenvalue weighted by Crippen LogP contribution is 2.28. The maximum Gasteiger partial charge on any atom is 0.251 e. The van der Waals surface area contributed by atoms with E-state index >= 15 is 0 Å². The van der Waals surface area contributed by atoms with E-state index in [0.29, 0.717) is 11.4 Å². The fourth-order valence-corrected chi connectivity index (χ4v) is 1.93. The lowest BCUT2D eigenvalue weighted by Gasteiger charge is -2.06. The van der Waals surface area contributed by atoms with Gasteiger partial charge >= 0.3 is 0 Å². The van der Waals surface area contributed by atoms with Crippen LogP contribution in [0, 0.1) is 0 Å². The van der Waals surface area contributed by atoms with Crippen LogP contribution < -0.4 is 11.1 Å². The van der Waals surface area contributed by atoms with Gasteiger partial charge in [-0.25, -0.2) is 4.98 Å². The van der Waals surface area contributed by atoms with Gasteiger partial charge in [-0.2, -0.15) is 5.10 Å². The minimum absolute atomic E-state index is 0.222. The van der Waals surface area contributed by atoms with Crippen LogP contribution in [-0.2, 0) is 13.6 Å². The molecule has 0 aliphatic rings. The molecule has 0 aliphatic carbocycles. The zero-order chi connectivity index (χ0) is 14.0. The van der Waals surface area contributed by atoms with E-state index in [1.54, 1.807) is 18.1 Å². The van der Waals surface area contributed by atoms with E-state index in [1.165, 1.54) is 12.1 Å². The number of hydrogen-bond acceptors (Lipinski definition) is 4. The molecule has 2 aromatic rings. The number of carbonyl (C=O) groups excluding carboxylic acids is 1. The molecule has 19 heavy (non-hydrogen) atoms. The van der Waals surface area contributed by atoms with Crippen molar-refractivity contribution in [3.63, 3.8) is 0 Å². The van der Waals surface area contributed by atoms with Crippen LogP contribution in [0.5, 0.6) is 0 Å². The van der Waals surface area contributed by atoms with E-state index in [1.807, 2.05) is 0 Å². The Balaban J connectivity index is 2.08. The number of amides is 1. The molecule has 2 rings (SSSR count). The second kappa shape index (κ2) is 5.46. The van der Waals surface area contributed by atoms with E-state index in [4.69, 9.17) is 28.9 Å². The van der Waals surface area contributed by atoms with Gasteiger partial charge in [0.2, 0.25) is 0 Å². The molecule has 0 spiro atoms. The summed E-state index contributed by atoms with van der Waals surface area (Å²) in [5.74, 6) is 0.194. The number of hydrogen-bond donors (Lipinski definition) is 2. The topological polar surface area (TPSA) is 85.8 Å². The minimum atomic E-state index is -0.323.